The standard InChI is InChI=1S/C12H26/c1-6-12(4,5)10-8-7-9-11(2)3/h11H,6-10H2,1-5H3. The van der Waals surface area contributed by atoms with Crippen LogP contribution in [0.1, 0.15) is 66.7 Å². The van der Waals surface area contributed by atoms with E-state index in [1.807, 2.05) is 0 Å². The summed E-state index contributed by atoms with van der Waals surface area (Å²) in [6, 6.07) is 0. The molecule has 12 heavy (non-hydrogen) atoms. The molecule has 0 rings (SSSR count). The highest BCUT2D eigenvalue weighted by Gasteiger charge is 2.13. The van der Waals surface area contributed by atoms with E-state index in [0.717, 1.165) is 5.92 Å². The van der Waals surface area contributed by atoms with E-state index in [2.05, 4.69) is 34.6 Å². The maximum atomic E-state index is 2.38. The van der Waals surface area contributed by atoms with Crippen LogP contribution in [0.15, 0.2) is 0 Å². The molecule has 0 saturated heterocycles. The van der Waals surface area contributed by atoms with Gasteiger partial charge >= 0.3 is 0 Å². The molecule has 0 bridgehead atoms. The van der Waals surface area contributed by atoms with Crippen LogP contribution in [0.4, 0.5) is 0 Å². The van der Waals surface area contributed by atoms with E-state index in [0.29, 0.717) is 5.41 Å². The molecule has 0 fully saturated rings. The first-order valence-electron chi connectivity index (χ1n) is 5.48. The Morgan fingerprint density at radius 1 is 1.08 bits per heavy atom. The lowest BCUT2D eigenvalue weighted by molar-refractivity contribution is 0.304. The van der Waals surface area contributed by atoms with Crippen LogP contribution in [0.25, 0.3) is 0 Å². The fourth-order valence-corrected chi connectivity index (χ4v) is 1.33. The van der Waals surface area contributed by atoms with E-state index in [1.165, 1.54) is 32.1 Å². The van der Waals surface area contributed by atoms with Crippen molar-refractivity contribution >= 4 is 0 Å². The Morgan fingerprint density at radius 3 is 2.08 bits per heavy atom. The molecule has 0 aliphatic heterocycles. The van der Waals surface area contributed by atoms with Gasteiger partial charge in [-0.1, -0.05) is 60.3 Å². The van der Waals surface area contributed by atoms with Gasteiger partial charge in [-0.3, -0.25) is 0 Å². The molecule has 0 amide bonds. The zero-order valence-corrected chi connectivity index (χ0v) is 9.61. The summed E-state index contributed by atoms with van der Waals surface area (Å²) in [6.45, 7) is 11.7. The van der Waals surface area contributed by atoms with E-state index in [4.69, 9.17) is 0 Å². The third-order valence-electron chi connectivity index (χ3n) is 2.84. The summed E-state index contributed by atoms with van der Waals surface area (Å²) in [4.78, 5) is 0. The lowest BCUT2D eigenvalue weighted by Gasteiger charge is -2.22. The molecule has 0 spiro atoms. The van der Waals surface area contributed by atoms with Crippen LogP contribution >= 0.6 is 0 Å². The van der Waals surface area contributed by atoms with Crippen LogP contribution in [0.5, 0.6) is 0 Å². The number of unbranched alkanes of at least 4 members (excludes halogenated alkanes) is 1. The molecule has 0 nitrogen and oxygen atoms in total. The SMILES string of the molecule is CCC(C)(C)CCCCC(C)C. The summed E-state index contributed by atoms with van der Waals surface area (Å²) in [7, 11) is 0. The first-order chi connectivity index (χ1) is 5.48. The van der Waals surface area contributed by atoms with Crippen LogP contribution < -0.4 is 0 Å². The largest absolute Gasteiger partial charge is 0.0649 e. The van der Waals surface area contributed by atoms with Crippen molar-refractivity contribution in [1.82, 2.24) is 0 Å². The van der Waals surface area contributed by atoms with Crippen LogP contribution in [0.3, 0.4) is 0 Å². The average molecular weight is 170 g/mol. The fourth-order valence-electron chi connectivity index (χ4n) is 1.33. The van der Waals surface area contributed by atoms with Crippen LogP contribution in [0, 0.1) is 11.3 Å². The van der Waals surface area contributed by atoms with Gasteiger partial charge in [-0.15, -0.1) is 0 Å². The minimum Gasteiger partial charge on any atom is -0.0649 e. The Hall–Kier alpha value is 0. The van der Waals surface area contributed by atoms with Gasteiger partial charge < -0.3 is 0 Å². The van der Waals surface area contributed by atoms with E-state index >= 15 is 0 Å². The Labute approximate surface area is 78.8 Å². The van der Waals surface area contributed by atoms with Crippen LogP contribution in [-0.4, -0.2) is 0 Å². The van der Waals surface area contributed by atoms with Gasteiger partial charge in [-0.25, -0.2) is 0 Å². The lowest BCUT2D eigenvalue weighted by atomic mass is 9.84. The van der Waals surface area contributed by atoms with Gasteiger partial charge in [0, 0.05) is 0 Å². The van der Waals surface area contributed by atoms with Crippen molar-refractivity contribution in [3.63, 3.8) is 0 Å². The molecule has 0 unspecified atom stereocenters. The Balaban J connectivity index is 3.31. The van der Waals surface area contributed by atoms with Gasteiger partial charge in [0.05, 0.1) is 0 Å². The highest BCUT2D eigenvalue weighted by atomic mass is 14.2. The second kappa shape index (κ2) is 5.61. The third kappa shape index (κ3) is 6.69. The quantitative estimate of drug-likeness (QED) is 0.509. The molecular formula is C12H26. The van der Waals surface area contributed by atoms with Gasteiger partial charge in [0.25, 0.3) is 0 Å². The summed E-state index contributed by atoms with van der Waals surface area (Å²) in [5, 5.41) is 0. The van der Waals surface area contributed by atoms with Crippen LogP contribution in [0.2, 0.25) is 0 Å². The van der Waals surface area contributed by atoms with Gasteiger partial charge in [0.2, 0.25) is 0 Å². The minimum atomic E-state index is 0.580. The summed E-state index contributed by atoms with van der Waals surface area (Å²) >= 11 is 0. The highest BCUT2D eigenvalue weighted by molar-refractivity contribution is 4.65. The number of rotatable bonds is 6. The predicted octanol–water partition coefficient (Wildman–Crippen LogP) is 4.64. The molecule has 0 aromatic carbocycles. The molecule has 0 heterocycles. The van der Waals surface area contributed by atoms with Crippen molar-refractivity contribution in [2.45, 2.75) is 66.7 Å². The molecular weight excluding hydrogens is 144 g/mol. The summed E-state index contributed by atoms with van der Waals surface area (Å²) in [6.07, 6.45) is 6.95. The second-order valence-corrected chi connectivity index (χ2v) is 5.16. The maximum Gasteiger partial charge on any atom is -0.0357 e. The molecule has 0 aromatic rings. The second-order valence-electron chi connectivity index (χ2n) is 5.16. The van der Waals surface area contributed by atoms with Crippen molar-refractivity contribution in [2.24, 2.45) is 11.3 Å². The molecule has 0 N–H and O–H groups in total. The Bertz CT molecular complexity index is 101. The van der Waals surface area contributed by atoms with Gasteiger partial charge in [-0.05, 0) is 17.8 Å². The minimum absolute atomic E-state index is 0.580. The molecule has 0 aliphatic carbocycles. The van der Waals surface area contributed by atoms with Crippen molar-refractivity contribution in [2.75, 3.05) is 0 Å². The Kier molecular flexibility index (Phi) is 5.61. The molecule has 74 valence electrons. The Morgan fingerprint density at radius 2 is 1.67 bits per heavy atom. The van der Waals surface area contributed by atoms with E-state index in [-0.39, 0.29) is 0 Å². The molecule has 0 aromatic heterocycles. The summed E-state index contributed by atoms with van der Waals surface area (Å²) < 4.78 is 0. The monoisotopic (exact) mass is 170 g/mol. The summed E-state index contributed by atoms with van der Waals surface area (Å²) in [5.74, 6) is 0.884. The zero-order chi connectivity index (χ0) is 9.61. The maximum absolute atomic E-state index is 2.38. The van der Waals surface area contributed by atoms with Gasteiger partial charge in [0.1, 0.15) is 0 Å². The van der Waals surface area contributed by atoms with E-state index in [9.17, 15) is 0 Å². The molecule has 0 heteroatoms. The molecule has 0 radical (unpaired) electrons. The van der Waals surface area contributed by atoms with Crippen molar-refractivity contribution < 1.29 is 0 Å². The number of hydrogen-bond acceptors (Lipinski definition) is 0. The lowest BCUT2D eigenvalue weighted by Crippen LogP contribution is -2.08. The van der Waals surface area contributed by atoms with Crippen molar-refractivity contribution in [3.8, 4) is 0 Å². The molecule has 0 atom stereocenters. The normalized spacial score (nSPS) is 12.5. The molecule has 0 aliphatic rings. The summed E-state index contributed by atoms with van der Waals surface area (Å²) in [5.41, 5.74) is 0.580. The van der Waals surface area contributed by atoms with Crippen molar-refractivity contribution in [3.05, 3.63) is 0 Å². The third-order valence-corrected chi connectivity index (χ3v) is 2.84. The highest BCUT2D eigenvalue weighted by Crippen LogP contribution is 2.27. The van der Waals surface area contributed by atoms with E-state index in [1.54, 1.807) is 0 Å². The topological polar surface area (TPSA) is 0 Å². The van der Waals surface area contributed by atoms with E-state index < -0.39 is 0 Å². The number of hydrogen-bond donors (Lipinski definition) is 0. The first kappa shape index (κ1) is 12.0. The van der Waals surface area contributed by atoms with Crippen LogP contribution in [-0.2, 0) is 0 Å². The van der Waals surface area contributed by atoms with Crippen molar-refractivity contribution in [1.29, 1.82) is 0 Å². The predicted molar refractivity (Wildman–Crippen MR) is 57.4 cm³/mol. The van der Waals surface area contributed by atoms with Gasteiger partial charge in [-0.2, -0.15) is 0 Å². The zero-order valence-electron chi connectivity index (χ0n) is 9.61. The first-order valence-corrected chi connectivity index (χ1v) is 5.48. The average Bonchev–Trinajstić information content (AvgIpc) is 1.98. The van der Waals surface area contributed by atoms with Gasteiger partial charge in [0.15, 0.2) is 0 Å². The fraction of sp³-hybridized carbons (Fsp3) is 1.00. The molecule has 0 saturated carbocycles. The smallest absolute Gasteiger partial charge is 0.0357 e.